The highest BCUT2D eigenvalue weighted by atomic mass is 16.5. The third-order valence-corrected chi connectivity index (χ3v) is 4.08. The molecule has 2 aromatic carbocycles. The molecule has 0 bridgehead atoms. The molecule has 24 heavy (non-hydrogen) atoms. The van der Waals surface area contributed by atoms with E-state index in [1.165, 1.54) is 0 Å². The molecule has 124 valence electrons. The molecule has 1 aromatic heterocycles. The Labute approximate surface area is 141 Å². The predicted octanol–water partition coefficient (Wildman–Crippen LogP) is 3.65. The standard InChI is InChI=1S/C20H21NO3/c1-3-14-7-8-18-16(11-20(22)24-19(18)10-14)13-21-12-15-5-4-6-17(9-15)23-2/h4-11,21H,3,12-13H2,1-2H3. The molecule has 1 N–H and O–H groups in total. The van der Waals surface area contributed by atoms with Crippen LogP contribution >= 0.6 is 0 Å². The van der Waals surface area contributed by atoms with Crippen LogP contribution in [-0.2, 0) is 19.5 Å². The Hall–Kier alpha value is -2.59. The Morgan fingerprint density at radius 2 is 1.92 bits per heavy atom. The monoisotopic (exact) mass is 323 g/mol. The Kier molecular flexibility index (Phi) is 4.96. The quantitative estimate of drug-likeness (QED) is 0.704. The number of hydrogen-bond acceptors (Lipinski definition) is 4. The Morgan fingerprint density at radius 3 is 2.71 bits per heavy atom. The molecule has 0 aliphatic carbocycles. The average Bonchev–Trinajstić information content (AvgIpc) is 2.61. The normalized spacial score (nSPS) is 10.9. The zero-order chi connectivity index (χ0) is 16.9. The highest BCUT2D eigenvalue weighted by molar-refractivity contribution is 5.80. The number of benzene rings is 2. The summed E-state index contributed by atoms with van der Waals surface area (Å²) in [5.41, 5.74) is 3.59. The smallest absolute Gasteiger partial charge is 0.336 e. The van der Waals surface area contributed by atoms with Crippen molar-refractivity contribution in [1.29, 1.82) is 0 Å². The van der Waals surface area contributed by atoms with Crippen LogP contribution in [0.2, 0.25) is 0 Å². The first-order chi connectivity index (χ1) is 11.7. The maximum absolute atomic E-state index is 11.8. The molecule has 0 aliphatic rings. The summed E-state index contributed by atoms with van der Waals surface area (Å²) >= 11 is 0. The van der Waals surface area contributed by atoms with E-state index in [2.05, 4.69) is 18.3 Å². The van der Waals surface area contributed by atoms with E-state index in [0.29, 0.717) is 18.7 Å². The van der Waals surface area contributed by atoms with Crippen LogP contribution in [0.5, 0.6) is 5.75 Å². The van der Waals surface area contributed by atoms with Gasteiger partial charge in [0.2, 0.25) is 0 Å². The van der Waals surface area contributed by atoms with Crippen LogP contribution < -0.4 is 15.7 Å². The number of nitrogens with one attached hydrogen (secondary N) is 1. The van der Waals surface area contributed by atoms with Crippen LogP contribution in [0.25, 0.3) is 11.0 Å². The highest BCUT2D eigenvalue weighted by Crippen LogP contribution is 2.19. The molecule has 0 saturated heterocycles. The number of fused-ring (bicyclic) bond motifs is 1. The van der Waals surface area contributed by atoms with E-state index < -0.39 is 0 Å². The van der Waals surface area contributed by atoms with E-state index in [1.807, 2.05) is 36.4 Å². The average molecular weight is 323 g/mol. The molecule has 0 fully saturated rings. The molecule has 0 atom stereocenters. The van der Waals surface area contributed by atoms with E-state index in [0.717, 1.165) is 34.2 Å². The summed E-state index contributed by atoms with van der Waals surface area (Å²) in [4.78, 5) is 11.8. The largest absolute Gasteiger partial charge is 0.497 e. The third kappa shape index (κ3) is 3.66. The Balaban J connectivity index is 1.78. The fourth-order valence-corrected chi connectivity index (χ4v) is 2.76. The van der Waals surface area contributed by atoms with Gasteiger partial charge in [0.1, 0.15) is 11.3 Å². The Morgan fingerprint density at radius 1 is 1.04 bits per heavy atom. The molecular formula is C20H21NO3. The maximum atomic E-state index is 11.8. The first-order valence-electron chi connectivity index (χ1n) is 8.09. The topological polar surface area (TPSA) is 51.5 Å². The second kappa shape index (κ2) is 7.32. The van der Waals surface area contributed by atoms with Crippen molar-refractivity contribution < 1.29 is 9.15 Å². The van der Waals surface area contributed by atoms with Gasteiger partial charge in [-0.05, 0) is 41.3 Å². The van der Waals surface area contributed by atoms with Gasteiger partial charge in [-0.3, -0.25) is 0 Å². The number of ether oxygens (including phenoxy) is 1. The fraction of sp³-hybridized carbons (Fsp3) is 0.250. The van der Waals surface area contributed by atoms with Gasteiger partial charge < -0.3 is 14.5 Å². The SMILES string of the molecule is CCc1ccc2c(CNCc3cccc(OC)c3)cc(=O)oc2c1. The lowest BCUT2D eigenvalue weighted by Gasteiger charge is -2.09. The van der Waals surface area contributed by atoms with Crippen molar-refractivity contribution in [2.24, 2.45) is 0 Å². The van der Waals surface area contributed by atoms with Crippen LogP contribution in [0.4, 0.5) is 0 Å². The Bertz CT molecular complexity index is 899. The predicted molar refractivity (Wildman–Crippen MR) is 95.4 cm³/mol. The minimum Gasteiger partial charge on any atom is -0.497 e. The van der Waals surface area contributed by atoms with Gasteiger partial charge in [-0.1, -0.05) is 31.2 Å². The van der Waals surface area contributed by atoms with Crippen LogP contribution in [0, 0.1) is 0 Å². The third-order valence-electron chi connectivity index (χ3n) is 4.08. The van der Waals surface area contributed by atoms with E-state index in [4.69, 9.17) is 9.15 Å². The van der Waals surface area contributed by atoms with E-state index >= 15 is 0 Å². The van der Waals surface area contributed by atoms with Crippen molar-refractivity contribution in [3.63, 3.8) is 0 Å². The summed E-state index contributed by atoms with van der Waals surface area (Å²) in [5, 5.41) is 4.36. The first kappa shape index (κ1) is 16.3. The zero-order valence-corrected chi connectivity index (χ0v) is 14.0. The minimum atomic E-state index is -0.311. The molecule has 1 heterocycles. The van der Waals surface area contributed by atoms with Crippen molar-refractivity contribution >= 4 is 11.0 Å². The van der Waals surface area contributed by atoms with Gasteiger partial charge in [-0.2, -0.15) is 0 Å². The molecule has 0 spiro atoms. The molecule has 0 aliphatic heterocycles. The van der Waals surface area contributed by atoms with Gasteiger partial charge in [0.05, 0.1) is 7.11 Å². The summed E-state index contributed by atoms with van der Waals surface area (Å²) in [5.74, 6) is 0.840. The summed E-state index contributed by atoms with van der Waals surface area (Å²) < 4.78 is 10.6. The van der Waals surface area contributed by atoms with Crippen LogP contribution in [-0.4, -0.2) is 7.11 Å². The molecule has 4 nitrogen and oxygen atoms in total. The second-order valence-electron chi connectivity index (χ2n) is 5.73. The van der Waals surface area contributed by atoms with Crippen molar-refractivity contribution in [1.82, 2.24) is 5.32 Å². The number of methoxy groups -OCH3 is 1. The van der Waals surface area contributed by atoms with Gasteiger partial charge in [0.25, 0.3) is 0 Å². The molecule has 0 radical (unpaired) electrons. The van der Waals surface area contributed by atoms with E-state index in [-0.39, 0.29) is 5.63 Å². The van der Waals surface area contributed by atoms with Gasteiger partial charge in [-0.15, -0.1) is 0 Å². The lowest BCUT2D eigenvalue weighted by atomic mass is 10.1. The van der Waals surface area contributed by atoms with Gasteiger partial charge in [0.15, 0.2) is 0 Å². The summed E-state index contributed by atoms with van der Waals surface area (Å²) in [7, 11) is 1.66. The van der Waals surface area contributed by atoms with E-state index in [9.17, 15) is 4.79 Å². The highest BCUT2D eigenvalue weighted by Gasteiger charge is 2.06. The van der Waals surface area contributed by atoms with Crippen LogP contribution in [0.15, 0.2) is 57.7 Å². The summed E-state index contributed by atoms with van der Waals surface area (Å²) in [6, 6.07) is 15.5. The maximum Gasteiger partial charge on any atom is 0.336 e. The molecule has 3 rings (SSSR count). The summed E-state index contributed by atoms with van der Waals surface area (Å²) in [6.07, 6.45) is 0.915. The number of aryl methyl sites for hydroxylation is 1. The number of hydrogen-bond donors (Lipinski definition) is 1. The van der Waals surface area contributed by atoms with Crippen molar-refractivity contribution in [2.45, 2.75) is 26.4 Å². The first-order valence-corrected chi connectivity index (χ1v) is 8.09. The van der Waals surface area contributed by atoms with Gasteiger partial charge in [-0.25, -0.2) is 4.79 Å². The van der Waals surface area contributed by atoms with Crippen LogP contribution in [0.1, 0.15) is 23.6 Å². The molecule has 0 amide bonds. The molecular weight excluding hydrogens is 302 g/mol. The zero-order valence-electron chi connectivity index (χ0n) is 14.0. The summed E-state index contributed by atoms with van der Waals surface area (Å²) in [6.45, 7) is 3.38. The molecule has 0 saturated carbocycles. The van der Waals surface area contributed by atoms with Crippen molar-refractivity contribution in [3.8, 4) is 5.75 Å². The van der Waals surface area contributed by atoms with Crippen molar-refractivity contribution in [2.75, 3.05) is 7.11 Å². The van der Waals surface area contributed by atoms with E-state index in [1.54, 1.807) is 13.2 Å². The fourth-order valence-electron chi connectivity index (χ4n) is 2.76. The van der Waals surface area contributed by atoms with Crippen molar-refractivity contribution in [3.05, 3.63) is 75.6 Å². The lowest BCUT2D eigenvalue weighted by molar-refractivity contribution is 0.414. The van der Waals surface area contributed by atoms with Crippen LogP contribution in [0.3, 0.4) is 0 Å². The minimum absolute atomic E-state index is 0.311. The lowest BCUT2D eigenvalue weighted by Crippen LogP contribution is -2.14. The molecule has 0 unspecified atom stereocenters. The number of rotatable bonds is 6. The molecule has 4 heteroatoms. The van der Waals surface area contributed by atoms with Gasteiger partial charge in [0, 0.05) is 24.5 Å². The van der Waals surface area contributed by atoms with Gasteiger partial charge >= 0.3 is 5.63 Å². The second-order valence-corrected chi connectivity index (χ2v) is 5.73. The molecule has 3 aromatic rings.